The highest BCUT2D eigenvalue weighted by molar-refractivity contribution is 7.18. The third-order valence-electron chi connectivity index (χ3n) is 6.21. The van der Waals surface area contributed by atoms with Gasteiger partial charge in [0.15, 0.2) is 0 Å². The molecule has 5 rings (SSSR count). The monoisotopic (exact) mass is 442 g/mol. The van der Waals surface area contributed by atoms with Crippen molar-refractivity contribution in [3.63, 3.8) is 0 Å². The number of hydrogen-bond acceptors (Lipinski definition) is 7. The van der Waals surface area contributed by atoms with E-state index < -0.39 is 0 Å². The summed E-state index contributed by atoms with van der Waals surface area (Å²) >= 11 is 3.14. The van der Waals surface area contributed by atoms with E-state index in [2.05, 4.69) is 40.1 Å². The molecule has 2 N–H and O–H groups in total. The number of aliphatic hydroxyl groups is 1. The topological polar surface area (TPSA) is 61.3 Å². The number of aromatic nitrogens is 2. The van der Waals surface area contributed by atoms with E-state index in [0.29, 0.717) is 18.2 Å². The standard InChI is InChI=1S/C22H23FN4OS2/c1-22(2)14(4-6-27(22)7-8-28)19-9-13-16(3-5-24-21(13)30-19)26-17-11-18-20(10-15(17)23)29-12-25-18/h3,5,9-12,14,28H,4,6-8H2,1-2H3,(H,24,26). The molecule has 1 aliphatic heterocycles. The molecule has 5 nitrogen and oxygen atoms in total. The molecular formula is C22H23FN4OS2. The lowest BCUT2D eigenvalue weighted by molar-refractivity contribution is 0.127. The number of aliphatic hydroxyl groups excluding tert-OH is 1. The van der Waals surface area contributed by atoms with Crippen molar-refractivity contribution in [2.45, 2.75) is 31.7 Å². The molecular weight excluding hydrogens is 419 g/mol. The number of anilines is 2. The predicted octanol–water partition coefficient (Wildman–Crippen LogP) is 5.35. The zero-order valence-electron chi connectivity index (χ0n) is 16.9. The van der Waals surface area contributed by atoms with Crippen LogP contribution < -0.4 is 5.32 Å². The Morgan fingerprint density at radius 1 is 1.27 bits per heavy atom. The molecule has 0 amide bonds. The summed E-state index contributed by atoms with van der Waals surface area (Å²) in [4.78, 5) is 13.4. The summed E-state index contributed by atoms with van der Waals surface area (Å²) in [6.07, 6.45) is 2.82. The number of benzene rings is 1. The maximum Gasteiger partial charge on any atom is 0.148 e. The first-order valence-corrected chi connectivity index (χ1v) is 11.7. The number of hydrogen-bond donors (Lipinski definition) is 2. The third kappa shape index (κ3) is 3.28. The molecule has 30 heavy (non-hydrogen) atoms. The van der Waals surface area contributed by atoms with E-state index in [1.54, 1.807) is 29.1 Å². The minimum atomic E-state index is -0.288. The van der Waals surface area contributed by atoms with Crippen LogP contribution in [0.2, 0.25) is 0 Å². The van der Waals surface area contributed by atoms with Crippen LogP contribution in [0.5, 0.6) is 0 Å². The molecule has 1 saturated heterocycles. The Hall–Kier alpha value is -2.13. The molecule has 0 radical (unpaired) electrons. The van der Waals surface area contributed by atoms with Gasteiger partial charge in [-0.25, -0.2) is 14.4 Å². The molecule has 1 atom stereocenters. The van der Waals surface area contributed by atoms with Crippen LogP contribution in [0.3, 0.4) is 0 Å². The van der Waals surface area contributed by atoms with Gasteiger partial charge < -0.3 is 10.4 Å². The average molecular weight is 443 g/mol. The van der Waals surface area contributed by atoms with E-state index >= 15 is 0 Å². The van der Waals surface area contributed by atoms with Gasteiger partial charge in [-0.05, 0) is 51.1 Å². The van der Waals surface area contributed by atoms with Crippen molar-refractivity contribution in [1.82, 2.24) is 14.9 Å². The molecule has 4 aromatic rings. The number of pyridine rings is 1. The first-order chi connectivity index (χ1) is 14.5. The summed E-state index contributed by atoms with van der Waals surface area (Å²) in [5.41, 5.74) is 3.76. The van der Waals surface area contributed by atoms with Crippen LogP contribution >= 0.6 is 22.7 Å². The van der Waals surface area contributed by atoms with Gasteiger partial charge in [-0.2, -0.15) is 0 Å². The number of rotatable bonds is 5. The van der Waals surface area contributed by atoms with Gasteiger partial charge in [-0.1, -0.05) is 0 Å². The zero-order valence-corrected chi connectivity index (χ0v) is 18.5. The minimum absolute atomic E-state index is 0.0288. The molecule has 8 heteroatoms. The van der Waals surface area contributed by atoms with Crippen LogP contribution in [0.4, 0.5) is 15.8 Å². The largest absolute Gasteiger partial charge is 0.395 e. The van der Waals surface area contributed by atoms with Crippen molar-refractivity contribution < 1.29 is 9.50 Å². The number of fused-ring (bicyclic) bond motifs is 2. The Kier molecular flexibility index (Phi) is 4.97. The normalized spacial score (nSPS) is 19.1. The van der Waals surface area contributed by atoms with E-state index in [-0.39, 0.29) is 18.0 Å². The SMILES string of the molecule is CC1(C)C(c2cc3c(Nc4cc5ncsc5cc4F)ccnc3s2)CCN1CCO. The quantitative estimate of drug-likeness (QED) is 0.436. The van der Waals surface area contributed by atoms with E-state index in [4.69, 9.17) is 0 Å². The van der Waals surface area contributed by atoms with Crippen LogP contribution in [0.1, 0.15) is 31.1 Å². The Bertz CT molecular complexity index is 1220. The molecule has 0 spiro atoms. The van der Waals surface area contributed by atoms with Crippen LogP contribution in [0.15, 0.2) is 36.0 Å². The molecule has 1 fully saturated rings. The summed E-state index contributed by atoms with van der Waals surface area (Å²) in [6, 6.07) is 7.38. The van der Waals surface area contributed by atoms with E-state index in [1.165, 1.54) is 22.3 Å². The van der Waals surface area contributed by atoms with Gasteiger partial charge in [-0.15, -0.1) is 22.7 Å². The first-order valence-electron chi connectivity index (χ1n) is 10.0. The Morgan fingerprint density at radius 2 is 2.13 bits per heavy atom. The van der Waals surface area contributed by atoms with Crippen LogP contribution in [0.25, 0.3) is 20.4 Å². The average Bonchev–Trinajstić information content (AvgIpc) is 3.40. The second-order valence-electron chi connectivity index (χ2n) is 8.21. The Labute approximate surface area is 182 Å². The molecule has 0 aliphatic carbocycles. The van der Waals surface area contributed by atoms with Crippen molar-refractivity contribution in [2.75, 3.05) is 25.0 Å². The van der Waals surface area contributed by atoms with Gasteiger partial charge in [0.2, 0.25) is 0 Å². The summed E-state index contributed by atoms with van der Waals surface area (Å²) in [6.45, 7) is 6.33. The highest BCUT2D eigenvalue weighted by Crippen LogP contribution is 2.46. The highest BCUT2D eigenvalue weighted by Gasteiger charge is 2.42. The number of halogens is 1. The lowest BCUT2D eigenvalue weighted by atomic mass is 9.87. The fraction of sp³-hybridized carbons (Fsp3) is 0.364. The minimum Gasteiger partial charge on any atom is -0.395 e. The van der Waals surface area contributed by atoms with E-state index in [9.17, 15) is 9.50 Å². The predicted molar refractivity (Wildman–Crippen MR) is 123 cm³/mol. The number of thiophene rings is 1. The Balaban J connectivity index is 1.50. The lowest BCUT2D eigenvalue weighted by Crippen LogP contribution is -2.42. The summed E-state index contributed by atoms with van der Waals surface area (Å²) in [7, 11) is 0. The van der Waals surface area contributed by atoms with Gasteiger partial charge in [0.25, 0.3) is 0 Å². The summed E-state index contributed by atoms with van der Waals surface area (Å²) in [5, 5.41) is 13.7. The van der Waals surface area contributed by atoms with Crippen molar-refractivity contribution >= 4 is 54.5 Å². The molecule has 4 heterocycles. The lowest BCUT2D eigenvalue weighted by Gasteiger charge is -2.35. The number of β-amino-alcohol motifs (C(OH)–C–C–N with tert-alkyl or cyclic N) is 1. The molecule has 3 aromatic heterocycles. The van der Waals surface area contributed by atoms with Crippen LogP contribution in [-0.4, -0.2) is 45.2 Å². The smallest absolute Gasteiger partial charge is 0.148 e. The second-order valence-corrected chi connectivity index (χ2v) is 10.2. The van der Waals surface area contributed by atoms with Gasteiger partial charge in [0.1, 0.15) is 10.6 Å². The number of likely N-dealkylation sites (tertiary alicyclic amines) is 1. The van der Waals surface area contributed by atoms with E-state index in [0.717, 1.165) is 39.1 Å². The third-order valence-corrected chi connectivity index (χ3v) is 8.16. The fourth-order valence-corrected chi connectivity index (χ4v) is 6.54. The highest BCUT2D eigenvalue weighted by atomic mass is 32.1. The molecule has 1 aromatic carbocycles. The number of nitrogens with one attached hydrogen (secondary N) is 1. The summed E-state index contributed by atoms with van der Waals surface area (Å²) < 4.78 is 15.5. The van der Waals surface area contributed by atoms with Gasteiger partial charge >= 0.3 is 0 Å². The van der Waals surface area contributed by atoms with Gasteiger partial charge in [0, 0.05) is 34.5 Å². The van der Waals surface area contributed by atoms with Crippen LogP contribution in [-0.2, 0) is 0 Å². The maximum absolute atomic E-state index is 14.6. The second kappa shape index (κ2) is 7.53. The van der Waals surface area contributed by atoms with Crippen molar-refractivity contribution in [1.29, 1.82) is 0 Å². The molecule has 0 saturated carbocycles. The Morgan fingerprint density at radius 3 is 2.97 bits per heavy atom. The zero-order chi connectivity index (χ0) is 20.9. The van der Waals surface area contributed by atoms with Gasteiger partial charge in [-0.3, -0.25) is 4.90 Å². The van der Waals surface area contributed by atoms with Crippen molar-refractivity contribution in [3.05, 3.63) is 46.7 Å². The first kappa shape index (κ1) is 19.8. The molecule has 0 bridgehead atoms. The van der Waals surface area contributed by atoms with E-state index in [1.807, 2.05) is 6.07 Å². The maximum atomic E-state index is 14.6. The number of thiazole rings is 1. The molecule has 156 valence electrons. The molecule has 1 aliphatic rings. The van der Waals surface area contributed by atoms with Crippen LogP contribution in [0, 0.1) is 5.82 Å². The fourth-order valence-electron chi connectivity index (χ4n) is 4.52. The van der Waals surface area contributed by atoms with Crippen molar-refractivity contribution in [3.8, 4) is 0 Å². The molecule has 1 unspecified atom stereocenters. The number of nitrogens with zero attached hydrogens (tertiary/aromatic N) is 3. The van der Waals surface area contributed by atoms with Gasteiger partial charge in [0.05, 0.1) is 33.7 Å². The summed E-state index contributed by atoms with van der Waals surface area (Å²) in [5.74, 6) is 0.0860. The van der Waals surface area contributed by atoms with Crippen molar-refractivity contribution in [2.24, 2.45) is 0 Å².